The molecule has 1 saturated carbocycles. The van der Waals surface area contributed by atoms with Gasteiger partial charge in [-0.3, -0.25) is 9.69 Å². The average molecular weight is 501 g/mol. The molecule has 184 valence electrons. The van der Waals surface area contributed by atoms with Crippen molar-refractivity contribution in [1.29, 1.82) is 0 Å². The molecule has 5 rings (SSSR count). The summed E-state index contributed by atoms with van der Waals surface area (Å²) in [6.07, 6.45) is 3.64. The maximum absolute atomic E-state index is 13.6. The van der Waals surface area contributed by atoms with Crippen molar-refractivity contribution in [2.45, 2.75) is 25.9 Å². The molecule has 35 heavy (non-hydrogen) atoms. The molecule has 8 nitrogen and oxygen atoms in total. The number of aromatic nitrogens is 2. The maximum Gasteiger partial charge on any atom is 0.320 e. The Balaban J connectivity index is 1.37. The van der Waals surface area contributed by atoms with Crippen LogP contribution in [0.25, 0.3) is 10.9 Å². The third-order valence-corrected chi connectivity index (χ3v) is 6.21. The van der Waals surface area contributed by atoms with Crippen LogP contribution in [0.1, 0.15) is 19.8 Å². The molecule has 1 aliphatic heterocycles. The largest absolute Gasteiger partial charge is 0.489 e. The number of cyclic esters (lactones) is 1. The first kappa shape index (κ1) is 23.6. The number of fused-ring (bicyclic) bond motifs is 1. The fourth-order valence-corrected chi connectivity index (χ4v) is 4.14. The van der Waals surface area contributed by atoms with E-state index in [1.54, 1.807) is 6.07 Å². The van der Waals surface area contributed by atoms with Gasteiger partial charge in [-0.15, -0.1) is 0 Å². The summed E-state index contributed by atoms with van der Waals surface area (Å²) in [5, 5.41) is 3.94. The van der Waals surface area contributed by atoms with Gasteiger partial charge in [0, 0.05) is 30.2 Å². The first-order valence-electron chi connectivity index (χ1n) is 11.6. The number of benzene rings is 2. The fourth-order valence-electron chi connectivity index (χ4n) is 3.96. The quantitative estimate of drug-likeness (QED) is 0.427. The number of halogens is 2. The summed E-state index contributed by atoms with van der Waals surface area (Å²) >= 11 is 5.93. The standard InChI is InChI=1S/C25H26ClFN4O4/c1-15-11-31(12-24(32)35-15)6-7-33-23-10-21-18(9-22(23)34-13-16-2-3-16)25(29-14-28-21)30-17-4-5-20(27)19(26)8-17/h4-5,8-10,14-16H,2-3,6-7,11-13H2,1H3,(H,28,29,30)/t15-/m1/s1. The number of nitrogens with one attached hydrogen (secondary N) is 1. The Morgan fingerprint density at radius 2 is 2.03 bits per heavy atom. The van der Waals surface area contributed by atoms with Crippen molar-refractivity contribution in [2.24, 2.45) is 5.92 Å². The Morgan fingerprint density at radius 3 is 2.80 bits per heavy atom. The van der Waals surface area contributed by atoms with Crippen LogP contribution in [0, 0.1) is 11.7 Å². The van der Waals surface area contributed by atoms with E-state index in [0.29, 0.717) is 60.7 Å². The van der Waals surface area contributed by atoms with Crippen molar-refractivity contribution >= 4 is 40.0 Å². The van der Waals surface area contributed by atoms with Crippen LogP contribution in [0.3, 0.4) is 0 Å². The van der Waals surface area contributed by atoms with E-state index in [2.05, 4.69) is 15.3 Å². The molecule has 0 spiro atoms. The number of anilines is 2. The number of carbonyl (C=O) groups is 1. The number of hydrogen-bond donors (Lipinski definition) is 1. The molecule has 0 amide bonds. The SMILES string of the molecule is C[C@@H]1CN(CCOc2cc3ncnc(Nc4ccc(F)c(Cl)c4)c3cc2OCC2CC2)CC(=O)O1. The lowest BCUT2D eigenvalue weighted by Gasteiger charge is -2.30. The van der Waals surface area contributed by atoms with E-state index in [0.717, 1.165) is 18.2 Å². The van der Waals surface area contributed by atoms with Crippen molar-refractivity contribution in [3.8, 4) is 11.5 Å². The number of rotatable bonds is 9. The zero-order chi connectivity index (χ0) is 24.4. The van der Waals surface area contributed by atoms with Gasteiger partial charge in [0.25, 0.3) is 0 Å². The summed E-state index contributed by atoms with van der Waals surface area (Å²) in [5.74, 6) is 1.58. The number of ether oxygens (including phenoxy) is 3. The molecule has 1 saturated heterocycles. The minimum atomic E-state index is -0.488. The third-order valence-electron chi connectivity index (χ3n) is 5.92. The Morgan fingerprint density at radius 1 is 1.20 bits per heavy atom. The smallest absolute Gasteiger partial charge is 0.320 e. The Kier molecular flexibility index (Phi) is 6.88. The molecule has 2 fully saturated rings. The van der Waals surface area contributed by atoms with Crippen molar-refractivity contribution in [1.82, 2.24) is 14.9 Å². The minimum Gasteiger partial charge on any atom is -0.489 e. The zero-order valence-corrected chi connectivity index (χ0v) is 20.1. The zero-order valence-electron chi connectivity index (χ0n) is 19.3. The van der Waals surface area contributed by atoms with Crippen molar-refractivity contribution in [3.63, 3.8) is 0 Å². The number of esters is 1. The lowest BCUT2D eigenvalue weighted by Crippen LogP contribution is -2.45. The van der Waals surface area contributed by atoms with Crippen molar-refractivity contribution in [3.05, 3.63) is 47.5 Å². The van der Waals surface area contributed by atoms with Gasteiger partial charge < -0.3 is 19.5 Å². The molecule has 2 aliphatic rings. The monoisotopic (exact) mass is 500 g/mol. The summed E-state index contributed by atoms with van der Waals surface area (Å²) < 4.78 is 31.0. The molecule has 1 aliphatic carbocycles. The van der Waals surface area contributed by atoms with Crippen LogP contribution < -0.4 is 14.8 Å². The normalized spacial score (nSPS) is 18.4. The second kappa shape index (κ2) is 10.2. The van der Waals surface area contributed by atoms with E-state index in [1.165, 1.54) is 18.5 Å². The molecule has 0 bridgehead atoms. The maximum atomic E-state index is 13.6. The average Bonchev–Trinajstić information content (AvgIpc) is 3.64. The Bertz CT molecular complexity index is 1240. The van der Waals surface area contributed by atoms with Gasteiger partial charge in [-0.1, -0.05) is 11.6 Å². The molecule has 1 aromatic heterocycles. The molecule has 2 aromatic carbocycles. The Hall–Kier alpha value is -3.17. The second-order valence-electron chi connectivity index (χ2n) is 8.93. The predicted molar refractivity (Wildman–Crippen MR) is 130 cm³/mol. The first-order chi connectivity index (χ1) is 16.9. The fraction of sp³-hybridized carbons (Fsp3) is 0.400. The van der Waals surface area contributed by atoms with E-state index < -0.39 is 5.82 Å². The van der Waals surface area contributed by atoms with Crippen LogP contribution in [0.4, 0.5) is 15.9 Å². The van der Waals surface area contributed by atoms with Crippen LogP contribution in [0.2, 0.25) is 5.02 Å². The van der Waals surface area contributed by atoms with Crippen molar-refractivity contribution in [2.75, 3.05) is 38.2 Å². The van der Waals surface area contributed by atoms with Gasteiger partial charge in [0.15, 0.2) is 11.5 Å². The summed E-state index contributed by atoms with van der Waals surface area (Å²) in [4.78, 5) is 22.5. The van der Waals surface area contributed by atoms with Crippen LogP contribution in [0.5, 0.6) is 11.5 Å². The van der Waals surface area contributed by atoms with E-state index >= 15 is 0 Å². The predicted octanol–water partition coefficient (Wildman–Crippen LogP) is 4.58. The molecule has 1 atom stereocenters. The molecule has 0 radical (unpaired) electrons. The van der Waals surface area contributed by atoms with Gasteiger partial charge >= 0.3 is 5.97 Å². The highest BCUT2D eigenvalue weighted by molar-refractivity contribution is 6.31. The van der Waals surface area contributed by atoms with E-state index in [4.69, 9.17) is 25.8 Å². The van der Waals surface area contributed by atoms with E-state index in [1.807, 2.05) is 24.0 Å². The van der Waals surface area contributed by atoms with Gasteiger partial charge in [0.2, 0.25) is 0 Å². The van der Waals surface area contributed by atoms with Gasteiger partial charge in [-0.25, -0.2) is 14.4 Å². The molecule has 1 N–H and O–H groups in total. The van der Waals surface area contributed by atoms with Gasteiger partial charge in [0.1, 0.15) is 30.7 Å². The lowest BCUT2D eigenvalue weighted by atomic mass is 10.2. The molecular formula is C25H26ClFN4O4. The highest BCUT2D eigenvalue weighted by Gasteiger charge is 2.25. The summed E-state index contributed by atoms with van der Waals surface area (Å²) in [7, 11) is 0. The van der Waals surface area contributed by atoms with Crippen LogP contribution >= 0.6 is 11.6 Å². The van der Waals surface area contributed by atoms with Gasteiger partial charge in [-0.2, -0.15) is 0 Å². The molecule has 2 heterocycles. The molecule has 0 unspecified atom stereocenters. The summed E-state index contributed by atoms with van der Waals surface area (Å²) in [6.45, 7) is 4.39. The number of nitrogens with zero attached hydrogens (tertiary/aromatic N) is 3. The summed E-state index contributed by atoms with van der Waals surface area (Å²) in [5.41, 5.74) is 1.27. The van der Waals surface area contributed by atoms with Crippen LogP contribution in [-0.4, -0.2) is 59.8 Å². The second-order valence-corrected chi connectivity index (χ2v) is 9.34. The number of hydrogen-bond acceptors (Lipinski definition) is 8. The van der Waals surface area contributed by atoms with Crippen LogP contribution in [0.15, 0.2) is 36.7 Å². The van der Waals surface area contributed by atoms with Crippen LogP contribution in [-0.2, 0) is 9.53 Å². The van der Waals surface area contributed by atoms with Crippen molar-refractivity contribution < 1.29 is 23.4 Å². The van der Waals surface area contributed by atoms with E-state index in [-0.39, 0.29) is 23.6 Å². The topological polar surface area (TPSA) is 85.8 Å². The number of morpholine rings is 1. The Labute approximate surface area is 207 Å². The minimum absolute atomic E-state index is 0.0221. The van der Waals surface area contributed by atoms with E-state index in [9.17, 15) is 9.18 Å². The third kappa shape index (κ3) is 5.91. The highest BCUT2D eigenvalue weighted by Crippen LogP contribution is 2.37. The number of carbonyl (C=O) groups excluding carboxylic acids is 1. The molecule has 10 heteroatoms. The van der Waals surface area contributed by atoms with Gasteiger partial charge in [0.05, 0.1) is 23.7 Å². The lowest BCUT2D eigenvalue weighted by molar-refractivity contribution is -0.157. The highest BCUT2D eigenvalue weighted by atomic mass is 35.5. The molecular weight excluding hydrogens is 475 g/mol. The molecule has 3 aromatic rings. The summed E-state index contributed by atoms with van der Waals surface area (Å²) in [6, 6.07) is 8.08. The first-order valence-corrected chi connectivity index (χ1v) is 12.0. The van der Waals surface area contributed by atoms with Gasteiger partial charge in [-0.05, 0) is 49.9 Å².